The summed E-state index contributed by atoms with van der Waals surface area (Å²) in [5, 5.41) is 15.8. The number of thiocarbonyl (C=S) groups is 1. The molecule has 148 valence electrons. The summed E-state index contributed by atoms with van der Waals surface area (Å²) in [4.78, 5) is 0. The SMILES string of the molecule is CCCCCCCCCCCCNC(=S)NC(C)(C)/N=N/C(C)(C)C. The number of unbranched alkanes of at least 4 members (excludes halogenated alkanes) is 9. The molecule has 0 spiro atoms. The molecule has 4 nitrogen and oxygen atoms in total. The van der Waals surface area contributed by atoms with E-state index in [4.69, 9.17) is 12.2 Å². The van der Waals surface area contributed by atoms with Gasteiger partial charge < -0.3 is 10.6 Å². The molecular formula is C20H42N4S. The molecule has 0 radical (unpaired) electrons. The Morgan fingerprint density at radius 3 is 1.72 bits per heavy atom. The Bertz CT molecular complexity index is 372. The second-order valence-corrected chi connectivity index (χ2v) is 8.90. The zero-order valence-corrected chi connectivity index (χ0v) is 18.4. The van der Waals surface area contributed by atoms with Crippen LogP contribution in [0.3, 0.4) is 0 Å². The fraction of sp³-hybridized carbons (Fsp3) is 0.950. The monoisotopic (exact) mass is 370 g/mol. The van der Waals surface area contributed by atoms with Gasteiger partial charge in [0, 0.05) is 6.54 Å². The van der Waals surface area contributed by atoms with E-state index in [-0.39, 0.29) is 5.54 Å². The predicted octanol–water partition coefficient (Wildman–Crippen LogP) is 6.36. The van der Waals surface area contributed by atoms with Crippen molar-refractivity contribution in [2.24, 2.45) is 10.2 Å². The molecule has 0 fully saturated rings. The van der Waals surface area contributed by atoms with Crippen LogP contribution in [-0.4, -0.2) is 22.9 Å². The van der Waals surface area contributed by atoms with Gasteiger partial charge in [0.2, 0.25) is 0 Å². The summed E-state index contributed by atoms with van der Waals surface area (Å²) >= 11 is 5.36. The molecule has 0 atom stereocenters. The zero-order valence-electron chi connectivity index (χ0n) is 17.6. The van der Waals surface area contributed by atoms with E-state index in [1.807, 2.05) is 34.6 Å². The quantitative estimate of drug-likeness (QED) is 0.225. The Balaban J connectivity index is 3.62. The Labute approximate surface area is 162 Å². The van der Waals surface area contributed by atoms with Gasteiger partial charge in [-0.25, -0.2) is 0 Å². The molecule has 5 heteroatoms. The van der Waals surface area contributed by atoms with Gasteiger partial charge in [-0.2, -0.15) is 10.2 Å². The summed E-state index contributed by atoms with van der Waals surface area (Å²) < 4.78 is 0. The van der Waals surface area contributed by atoms with Gasteiger partial charge in [0.05, 0.1) is 5.54 Å². The third kappa shape index (κ3) is 17.9. The first-order valence-corrected chi connectivity index (χ1v) is 10.6. The Morgan fingerprint density at radius 2 is 1.24 bits per heavy atom. The normalized spacial score (nSPS) is 12.6. The van der Waals surface area contributed by atoms with Crippen molar-refractivity contribution < 1.29 is 0 Å². The van der Waals surface area contributed by atoms with Crippen LogP contribution in [0.2, 0.25) is 0 Å². The van der Waals surface area contributed by atoms with Gasteiger partial charge in [0.1, 0.15) is 5.66 Å². The lowest BCUT2D eigenvalue weighted by molar-refractivity contribution is 0.413. The molecule has 25 heavy (non-hydrogen) atoms. The van der Waals surface area contributed by atoms with Crippen molar-refractivity contribution >= 4 is 17.3 Å². The molecular weight excluding hydrogens is 328 g/mol. The number of nitrogens with zero attached hydrogens (tertiary/aromatic N) is 2. The second-order valence-electron chi connectivity index (χ2n) is 8.49. The zero-order chi connectivity index (χ0) is 19.2. The lowest BCUT2D eigenvalue weighted by Crippen LogP contribution is -2.47. The summed E-state index contributed by atoms with van der Waals surface area (Å²) in [6, 6.07) is 0. The molecule has 0 aliphatic heterocycles. The summed E-state index contributed by atoms with van der Waals surface area (Å²) in [5.74, 6) is 0. The van der Waals surface area contributed by atoms with Gasteiger partial charge in [-0.1, -0.05) is 64.7 Å². The highest BCUT2D eigenvalue weighted by molar-refractivity contribution is 7.80. The number of hydrogen-bond donors (Lipinski definition) is 2. The molecule has 0 aromatic carbocycles. The van der Waals surface area contributed by atoms with Crippen molar-refractivity contribution in [3.63, 3.8) is 0 Å². The third-order valence-corrected chi connectivity index (χ3v) is 4.08. The molecule has 0 saturated heterocycles. The Morgan fingerprint density at radius 1 is 0.760 bits per heavy atom. The summed E-state index contributed by atoms with van der Waals surface area (Å²) in [6.07, 6.45) is 13.5. The molecule has 0 amide bonds. The molecule has 0 unspecified atom stereocenters. The second kappa shape index (κ2) is 13.5. The molecule has 0 bridgehead atoms. The summed E-state index contributed by atoms with van der Waals surface area (Å²) in [7, 11) is 0. The van der Waals surface area contributed by atoms with Crippen LogP contribution in [0.4, 0.5) is 0 Å². The van der Waals surface area contributed by atoms with Crippen molar-refractivity contribution in [3.8, 4) is 0 Å². The summed E-state index contributed by atoms with van der Waals surface area (Å²) in [5.41, 5.74) is -0.640. The van der Waals surface area contributed by atoms with Crippen molar-refractivity contribution in [2.75, 3.05) is 6.54 Å². The van der Waals surface area contributed by atoms with E-state index in [9.17, 15) is 0 Å². The van der Waals surface area contributed by atoms with Gasteiger partial charge in [-0.3, -0.25) is 0 Å². The van der Waals surface area contributed by atoms with E-state index < -0.39 is 5.66 Å². The van der Waals surface area contributed by atoms with Crippen LogP contribution in [0.25, 0.3) is 0 Å². The minimum Gasteiger partial charge on any atom is -0.363 e. The first-order valence-electron chi connectivity index (χ1n) is 10.2. The van der Waals surface area contributed by atoms with E-state index >= 15 is 0 Å². The van der Waals surface area contributed by atoms with Gasteiger partial charge >= 0.3 is 0 Å². The molecule has 0 aliphatic rings. The molecule has 0 aromatic rings. The maximum Gasteiger partial charge on any atom is 0.168 e. The lowest BCUT2D eigenvalue weighted by atomic mass is 10.1. The number of nitrogens with one attached hydrogen (secondary N) is 2. The summed E-state index contributed by atoms with van der Waals surface area (Å²) in [6.45, 7) is 13.3. The average molecular weight is 371 g/mol. The molecule has 2 N–H and O–H groups in total. The van der Waals surface area contributed by atoms with Crippen LogP contribution in [0.5, 0.6) is 0 Å². The smallest absolute Gasteiger partial charge is 0.168 e. The maximum atomic E-state index is 5.36. The van der Waals surface area contributed by atoms with Gasteiger partial charge in [-0.05, 0) is 53.3 Å². The van der Waals surface area contributed by atoms with Crippen molar-refractivity contribution in [2.45, 2.75) is 117 Å². The molecule has 0 rings (SSSR count). The van der Waals surface area contributed by atoms with E-state index in [0.29, 0.717) is 5.11 Å². The first kappa shape index (κ1) is 24.3. The Kier molecular flexibility index (Phi) is 13.1. The van der Waals surface area contributed by atoms with Crippen molar-refractivity contribution in [1.29, 1.82) is 0 Å². The fourth-order valence-corrected chi connectivity index (χ4v) is 2.79. The minimum absolute atomic E-state index is 0.163. The highest BCUT2D eigenvalue weighted by atomic mass is 32.1. The van der Waals surface area contributed by atoms with Crippen LogP contribution in [0.15, 0.2) is 10.2 Å². The van der Waals surface area contributed by atoms with Crippen molar-refractivity contribution in [1.82, 2.24) is 10.6 Å². The van der Waals surface area contributed by atoms with Crippen LogP contribution >= 0.6 is 12.2 Å². The van der Waals surface area contributed by atoms with Gasteiger partial charge in [0.25, 0.3) is 0 Å². The standard InChI is InChI=1S/C20H42N4S/c1-7-8-9-10-11-12-13-14-15-16-17-21-18(25)22-20(5,6)24-23-19(2,3)4/h7-17H2,1-6H3,(H2,21,22,25)/b24-23+. The largest absolute Gasteiger partial charge is 0.363 e. The lowest BCUT2D eigenvalue weighted by Gasteiger charge is -2.24. The predicted molar refractivity (Wildman–Crippen MR) is 114 cm³/mol. The highest BCUT2D eigenvalue weighted by Crippen LogP contribution is 2.13. The number of azo groups is 1. The number of rotatable bonds is 13. The van der Waals surface area contributed by atoms with Gasteiger partial charge in [0.15, 0.2) is 5.11 Å². The average Bonchev–Trinajstić information content (AvgIpc) is 2.50. The molecule has 0 aliphatic carbocycles. The topological polar surface area (TPSA) is 48.8 Å². The fourth-order valence-electron chi connectivity index (χ4n) is 2.44. The van der Waals surface area contributed by atoms with Crippen LogP contribution in [0.1, 0.15) is 106 Å². The van der Waals surface area contributed by atoms with Crippen LogP contribution < -0.4 is 10.6 Å². The molecule has 0 saturated carbocycles. The van der Waals surface area contributed by atoms with Gasteiger partial charge in [-0.15, -0.1) is 0 Å². The minimum atomic E-state index is -0.477. The Hall–Kier alpha value is -0.710. The van der Waals surface area contributed by atoms with Crippen LogP contribution in [-0.2, 0) is 0 Å². The van der Waals surface area contributed by atoms with E-state index in [0.717, 1.165) is 6.54 Å². The molecule has 0 heterocycles. The number of hydrogen-bond acceptors (Lipinski definition) is 3. The third-order valence-electron chi connectivity index (χ3n) is 3.84. The van der Waals surface area contributed by atoms with E-state index in [2.05, 4.69) is 27.8 Å². The van der Waals surface area contributed by atoms with E-state index in [1.165, 1.54) is 64.2 Å². The van der Waals surface area contributed by atoms with Crippen molar-refractivity contribution in [3.05, 3.63) is 0 Å². The van der Waals surface area contributed by atoms with E-state index in [1.54, 1.807) is 0 Å². The molecule has 0 aromatic heterocycles. The highest BCUT2D eigenvalue weighted by Gasteiger charge is 2.19. The maximum absolute atomic E-state index is 5.36. The van der Waals surface area contributed by atoms with Crippen LogP contribution in [0, 0.1) is 0 Å². The first-order chi connectivity index (χ1) is 11.7.